The zero-order valence-electron chi connectivity index (χ0n) is 11.0. The van der Waals surface area contributed by atoms with Crippen LogP contribution in [0.5, 0.6) is 0 Å². The fourth-order valence-corrected chi connectivity index (χ4v) is 1.91. The molecule has 0 aliphatic carbocycles. The Hall–Kier alpha value is -1.76. The van der Waals surface area contributed by atoms with Crippen LogP contribution in [0.1, 0.15) is 25.1 Å². The molecular weight excluding hydrogens is 242 g/mol. The lowest BCUT2D eigenvalue weighted by molar-refractivity contribution is 0.135. The highest BCUT2D eigenvalue weighted by Crippen LogP contribution is 2.18. The van der Waals surface area contributed by atoms with Gasteiger partial charge in [-0.3, -0.25) is 11.3 Å². The summed E-state index contributed by atoms with van der Waals surface area (Å²) in [6, 6.07) is 9.82. The van der Waals surface area contributed by atoms with Crippen molar-refractivity contribution in [2.75, 3.05) is 13.2 Å². The average molecular weight is 261 g/mol. The highest BCUT2D eigenvalue weighted by molar-refractivity contribution is 5.32. The Morgan fingerprint density at radius 2 is 2.16 bits per heavy atom. The van der Waals surface area contributed by atoms with Gasteiger partial charge in [0.1, 0.15) is 0 Å². The second kappa shape index (κ2) is 6.98. The van der Waals surface area contributed by atoms with Gasteiger partial charge in [-0.25, -0.2) is 4.68 Å². The molecule has 0 saturated carbocycles. The molecule has 0 amide bonds. The molecule has 0 radical (unpaired) electrons. The van der Waals surface area contributed by atoms with Crippen LogP contribution in [0.4, 0.5) is 0 Å². The summed E-state index contributed by atoms with van der Waals surface area (Å²) in [6.07, 6.45) is 2.49. The molecule has 1 aromatic carbocycles. The standard InChI is InChI=1S/C13H19N5O/c1-2-19-9-8-12(16-14)13-10-15-17-18(13)11-6-4-3-5-7-11/h3-7,10,12,16H,2,8-9,14H2,1H3. The minimum atomic E-state index is -0.0400. The topological polar surface area (TPSA) is 78.0 Å². The Morgan fingerprint density at radius 1 is 1.37 bits per heavy atom. The van der Waals surface area contributed by atoms with Crippen LogP contribution in [0.3, 0.4) is 0 Å². The predicted molar refractivity (Wildman–Crippen MR) is 72.5 cm³/mol. The molecule has 102 valence electrons. The van der Waals surface area contributed by atoms with E-state index in [1.54, 1.807) is 10.9 Å². The fraction of sp³-hybridized carbons (Fsp3) is 0.385. The van der Waals surface area contributed by atoms with Crippen molar-refractivity contribution in [3.63, 3.8) is 0 Å². The molecule has 19 heavy (non-hydrogen) atoms. The van der Waals surface area contributed by atoms with E-state index in [4.69, 9.17) is 10.6 Å². The van der Waals surface area contributed by atoms with E-state index in [0.29, 0.717) is 13.2 Å². The molecule has 2 rings (SSSR count). The third-order valence-electron chi connectivity index (χ3n) is 2.89. The van der Waals surface area contributed by atoms with Gasteiger partial charge in [-0.05, 0) is 25.5 Å². The maximum atomic E-state index is 5.62. The lowest BCUT2D eigenvalue weighted by atomic mass is 10.1. The summed E-state index contributed by atoms with van der Waals surface area (Å²) >= 11 is 0. The van der Waals surface area contributed by atoms with Gasteiger partial charge in [0.15, 0.2) is 0 Å². The number of hydrogen-bond acceptors (Lipinski definition) is 5. The SMILES string of the molecule is CCOCCC(NN)c1cnnn1-c1ccccc1. The van der Waals surface area contributed by atoms with Gasteiger partial charge in [-0.2, -0.15) is 0 Å². The van der Waals surface area contributed by atoms with Gasteiger partial charge in [-0.15, -0.1) is 5.10 Å². The first-order valence-corrected chi connectivity index (χ1v) is 6.36. The molecule has 1 aromatic heterocycles. The molecule has 2 aromatic rings. The first-order valence-electron chi connectivity index (χ1n) is 6.36. The van der Waals surface area contributed by atoms with Crippen molar-refractivity contribution in [1.29, 1.82) is 0 Å². The first kappa shape index (κ1) is 13.7. The van der Waals surface area contributed by atoms with Crippen molar-refractivity contribution in [3.8, 4) is 5.69 Å². The number of ether oxygens (including phenoxy) is 1. The summed E-state index contributed by atoms with van der Waals surface area (Å²) in [5.41, 5.74) is 4.68. The molecule has 1 atom stereocenters. The predicted octanol–water partition coefficient (Wildman–Crippen LogP) is 1.20. The van der Waals surface area contributed by atoms with Crippen molar-refractivity contribution < 1.29 is 4.74 Å². The first-order chi connectivity index (χ1) is 9.36. The summed E-state index contributed by atoms with van der Waals surface area (Å²) < 4.78 is 7.15. The van der Waals surface area contributed by atoms with Crippen molar-refractivity contribution in [2.24, 2.45) is 5.84 Å². The van der Waals surface area contributed by atoms with Crippen LogP contribution in [-0.2, 0) is 4.74 Å². The molecule has 6 nitrogen and oxygen atoms in total. The van der Waals surface area contributed by atoms with Crippen molar-refractivity contribution in [3.05, 3.63) is 42.2 Å². The van der Waals surface area contributed by atoms with E-state index in [-0.39, 0.29) is 6.04 Å². The zero-order chi connectivity index (χ0) is 13.5. The highest BCUT2D eigenvalue weighted by atomic mass is 16.5. The van der Waals surface area contributed by atoms with E-state index in [1.807, 2.05) is 37.3 Å². The quantitative estimate of drug-likeness (QED) is 0.445. The summed E-state index contributed by atoms with van der Waals surface area (Å²) in [4.78, 5) is 0. The third-order valence-corrected chi connectivity index (χ3v) is 2.89. The van der Waals surface area contributed by atoms with Crippen LogP contribution in [-0.4, -0.2) is 28.2 Å². The molecule has 1 unspecified atom stereocenters. The van der Waals surface area contributed by atoms with Gasteiger partial charge in [0.05, 0.1) is 23.6 Å². The van der Waals surface area contributed by atoms with Crippen LogP contribution in [0.15, 0.2) is 36.5 Å². The van der Waals surface area contributed by atoms with Crippen LogP contribution in [0.2, 0.25) is 0 Å². The number of rotatable bonds is 7. The molecule has 0 aliphatic rings. The number of nitrogens with zero attached hydrogens (tertiary/aromatic N) is 3. The van der Waals surface area contributed by atoms with Crippen molar-refractivity contribution in [1.82, 2.24) is 20.4 Å². The number of nitrogens with one attached hydrogen (secondary N) is 1. The molecule has 0 aliphatic heterocycles. The largest absolute Gasteiger partial charge is 0.382 e. The third kappa shape index (κ3) is 3.37. The number of benzene rings is 1. The smallest absolute Gasteiger partial charge is 0.0829 e. The molecule has 6 heteroatoms. The Morgan fingerprint density at radius 3 is 2.84 bits per heavy atom. The minimum Gasteiger partial charge on any atom is -0.382 e. The summed E-state index contributed by atoms with van der Waals surface area (Å²) in [7, 11) is 0. The average Bonchev–Trinajstić information content (AvgIpc) is 2.94. The van der Waals surface area contributed by atoms with Gasteiger partial charge >= 0.3 is 0 Å². The number of hydrazine groups is 1. The molecule has 0 saturated heterocycles. The normalized spacial score (nSPS) is 12.5. The molecule has 0 bridgehead atoms. The number of para-hydroxylation sites is 1. The molecular formula is C13H19N5O. The second-order valence-electron chi connectivity index (χ2n) is 4.11. The highest BCUT2D eigenvalue weighted by Gasteiger charge is 2.16. The van der Waals surface area contributed by atoms with E-state index >= 15 is 0 Å². The Labute approximate surface area is 112 Å². The number of hydrogen-bond donors (Lipinski definition) is 2. The Balaban J connectivity index is 2.18. The molecule has 0 fully saturated rings. The monoisotopic (exact) mass is 261 g/mol. The Bertz CT molecular complexity index is 485. The van der Waals surface area contributed by atoms with Crippen molar-refractivity contribution >= 4 is 0 Å². The summed E-state index contributed by atoms with van der Waals surface area (Å²) in [6.45, 7) is 3.32. The van der Waals surface area contributed by atoms with Crippen LogP contribution in [0, 0.1) is 0 Å². The summed E-state index contributed by atoms with van der Waals surface area (Å²) in [5, 5.41) is 8.09. The Kier molecular flexibility index (Phi) is 5.02. The van der Waals surface area contributed by atoms with E-state index < -0.39 is 0 Å². The van der Waals surface area contributed by atoms with Crippen molar-refractivity contribution in [2.45, 2.75) is 19.4 Å². The van der Waals surface area contributed by atoms with Crippen LogP contribution in [0.25, 0.3) is 5.69 Å². The van der Waals surface area contributed by atoms with Gasteiger partial charge < -0.3 is 4.74 Å². The molecule has 1 heterocycles. The van der Waals surface area contributed by atoms with Gasteiger partial charge in [0.2, 0.25) is 0 Å². The summed E-state index contributed by atoms with van der Waals surface area (Å²) in [5.74, 6) is 5.62. The van der Waals surface area contributed by atoms with E-state index in [1.165, 1.54) is 0 Å². The molecule has 0 spiro atoms. The second-order valence-corrected chi connectivity index (χ2v) is 4.11. The number of aromatic nitrogens is 3. The minimum absolute atomic E-state index is 0.0400. The van der Waals surface area contributed by atoms with Gasteiger partial charge in [-0.1, -0.05) is 23.4 Å². The zero-order valence-corrected chi connectivity index (χ0v) is 11.0. The maximum absolute atomic E-state index is 5.62. The number of nitrogens with two attached hydrogens (primary N) is 1. The van der Waals surface area contributed by atoms with Gasteiger partial charge in [0.25, 0.3) is 0 Å². The van der Waals surface area contributed by atoms with Gasteiger partial charge in [0, 0.05) is 13.2 Å². The lowest BCUT2D eigenvalue weighted by Crippen LogP contribution is -2.30. The van der Waals surface area contributed by atoms with E-state index in [9.17, 15) is 0 Å². The fourth-order valence-electron chi connectivity index (χ4n) is 1.91. The maximum Gasteiger partial charge on any atom is 0.0829 e. The molecule has 3 N–H and O–H groups in total. The van der Waals surface area contributed by atoms with Crippen LogP contribution < -0.4 is 11.3 Å². The van der Waals surface area contributed by atoms with E-state index in [0.717, 1.165) is 17.8 Å². The lowest BCUT2D eigenvalue weighted by Gasteiger charge is -2.16. The van der Waals surface area contributed by atoms with Crippen LogP contribution >= 0.6 is 0 Å². The van der Waals surface area contributed by atoms with E-state index in [2.05, 4.69) is 15.7 Å².